The molecule has 1 aromatic rings. The predicted molar refractivity (Wildman–Crippen MR) is 73.1 cm³/mol. The minimum atomic E-state index is -0.221. The number of rotatable bonds is 6. The maximum atomic E-state index is 10.6. The first-order chi connectivity index (χ1) is 8.66. The van der Waals surface area contributed by atoms with E-state index in [1.807, 2.05) is 0 Å². The number of carbonyl (C=O) groups is 1. The van der Waals surface area contributed by atoms with Crippen molar-refractivity contribution in [2.24, 2.45) is 11.5 Å². The number of hydrogen-bond acceptors (Lipinski definition) is 2. The van der Waals surface area contributed by atoms with E-state index in [9.17, 15) is 4.79 Å². The first kappa shape index (κ1) is 13.1. The molecule has 98 valence electrons. The molecule has 3 heteroatoms. The molecular weight excluding hydrogens is 224 g/mol. The Hall–Kier alpha value is -1.35. The van der Waals surface area contributed by atoms with Crippen LogP contribution in [0, 0.1) is 0 Å². The molecule has 1 unspecified atom stereocenters. The molecule has 0 radical (unpaired) electrons. The highest BCUT2D eigenvalue weighted by Gasteiger charge is 2.13. The highest BCUT2D eigenvalue weighted by molar-refractivity contribution is 5.73. The van der Waals surface area contributed by atoms with Crippen LogP contribution in [0.5, 0.6) is 0 Å². The van der Waals surface area contributed by atoms with Crippen LogP contribution in [-0.4, -0.2) is 5.91 Å². The van der Waals surface area contributed by atoms with Crippen LogP contribution in [0.15, 0.2) is 18.2 Å². The third-order valence-electron chi connectivity index (χ3n) is 3.74. The van der Waals surface area contributed by atoms with Gasteiger partial charge in [0, 0.05) is 12.5 Å². The Morgan fingerprint density at radius 2 is 2.00 bits per heavy atom. The molecule has 0 bridgehead atoms. The number of primary amides is 1. The van der Waals surface area contributed by atoms with Crippen molar-refractivity contribution < 1.29 is 4.79 Å². The summed E-state index contributed by atoms with van der Waals surface area (Å²) in [4.78, 5) is 10.6. The van der Waals surface area contributed by atoms with Crippen molar-refractivity contribution in [3.8, 4) is 0 Å². The summed E-state index contributed by atoms with van der Waals surface area (Å²) in [5, 5.41) is 0. The Bertz CT molecular complexity index is 429. The molecule has 0 spiro atoms. The standard InChI is InChI=1S/C15H22N2O/c16-14(6-1-2-7-15(17)18)13-9-8-11-4-3-5-12(11)10-13/h8-10,14H,1-7,16H2,(H2,17,18). The molecule has 1 aliphatic rings. The van der Waals surface area contributed by atoms with E-state index in [2.05, 4.69) is 18.2 Å². The molecule has 0 fully saturated rings. The van der Waals surface area contributed by atoms with Crippen LogP contribution < -0.4 is 11.5 Å². The fourth-order valence-corrected chi connectivity index (χ4v) is 2.65. The van der Waals surface area contributed by atoms with Gasteiger partial charge in [-0.3, -0.25) is 4.79 Å². The lowest BCUT2D eigenvalue weighted by atomic mass is 9.97. The van der Waals surface area contributed by atoms with Crippen LogP contribution in [0.2, 0.25) is 0 Å². The lowest BCUT2D eigenvalue weighted by molar-refractivity contribution is -0.118. The smallest absolute Gasteiger partial charge is 0.217 e. The van der Waals surface area contributed by atoms with Crippen molar-refractivity contribution in [3.05, 3.63) is 34.9 Å². The summed E-state index contributed by atoms with van der Waals surface area (Å²) < 4.78 is 0. The molecule has 1 atom stereocenters. The van der Waals surface area contributed by atoms with E-state index in [1.165, 1.54) is 36.0 Å². The minimum Gasteiger partial charge on any atom is -0.370 e. The van der Waals surface area contributed by atoms with Gasteiger partial charge in [0.25, 0.3) is 0 Å². The Labute approximate surface area is 109 Å². The average Bonchev–Trinajstić information content (AvgIpc) is 2.81. The summed E-state index contributed by atoms with van der Waals surface area (Å²) in [6.07, 6.45) is 6.87. The second kappa shape index (κ2) is 6.01. The molecular formula is C15H22N2O. The van der Waals surface area contributed by atoms with E-state index in [-0.39, 0.29) is 11.9 Å². The first-order valence-corrected chi connectivity index (χ1v) is 6.82. The zero-order valence-corrected chi connectivity index (χ0v) is 10.8. The van der Waals surface area contributed by atoms with Crippen molar-refractivity contribution in [1.29, 1.82) is 0 Å². The van der Waals surface area contributed by atoms with E-state index >= 15 is 0 Å². The number of fused-ring (bicyclic) bond motifs is 1. The second-order valence-corrected chi connectivity index (χ2v) is 5.20. The summed E-state index contributed by atoms with van der Waals surface area (Å²) in [7, 11) is 0. The predicted octanol–water partition coefficient (Wildman–Crippen LogP) is 2.22. The molecule has 0 saturated heterocycles. The van der Waals surface area contributed by atoms with Gasteiger partial charge in [-0.05, 0) is 48.8 Å². The summed E-state index contributed by atoms with van der Waals surface area (Å²) in [6.45, 7) is 0. The number of benzene rings is 1. The van der Waals surface area contributed by atoms with Gasteiger partial charge in [-0.2, -0.15) is 0 Å². The summed E-state index contributed by atoms with van der Waals surface area (Å²) in [6, 6.07) is 6.73. The van der Waals surface area contributed by atoms with Crippen LogP contribution in [-0.2, 0) is 17.6 Å². The zero-order valence-electron chi connectivity index (χ0n) is 10.8. The summed E-state index contributed by atoms with van der Waals surface area (Å²) >= 11 is 0. The van der Waals surface area contributed by atoms with E-state index in [0.717, 1.165) is 19.3 Å². The number of carbonyl (C=O) groups excluding carboxylic acids is 1. The van der Waals surface area contributed by atoms with E-state index in [1.54, 1.807) is 0 Å². The van der Waals surface area contributed by atoms with Gasteiger partial charge in [0.1, 0.15) is 0 Å². The van der Waals surface area contributed by atoms with Crippen LogP contribution >= 0.6 is 0 Å². The van der Waals surface area contributed by atoms with Crippen LogP contribution in [0.4, 0.5) is 0 Å². The van der Waals surface area contributed by atoms with Crippen molar-refractivity contribution in [1.82, 2.24) is 0 Å². The van der Waals surface area contributed by atoms with Gasteiger partial charge in [0.15, 0.2) is 0 Å². The average molecular weight is 246 g/mol. The SMILES string of the molecule is NC(=O)CCCCC(N)c1ccc2c(c1)CCC2. The monoisotopic (exact) mass is 246 g/mol. The third-order valence-corrected chi connectivity index (χ3v) is 3.74. The molecule has 1 aromatic carbocycles. The van der Waals surface area contributed by atoms with E-state index in [4.69, 9.17) is 11.5 Å². The van der Waals surface area contributed by atoms with Gasteiger partial charge in [-0.1, -0.05) is 24.6 Å². The number of unbranched alkanes of at least 4 members (excludes halogenated alkanes) is 1. The molecule has 2 rings (SSSR count). The van der Waals surface area contributed by atoms with Gasteiger partial charge in [0.2, 0.25) is 5.91 Å². The molecule has 0 saturated carbocycles. The number of aryl methyl sites for hydroxylation is 2. The van der Waals surface area contributed by atoms with Crippen molar-refractivity contribution in [2.75, 3.05) is 0 Å². The Morgan fingerprint density at radius 1 is 1.22 bits per heavy atom. The van der Waals surface area contributed by atoms with Gasteiger partial charge in [0.05, 0.1) is 0 Å². The molecule has 0 aromatic heterocycles. The normalized spacial score (nSPS) is 15.4. The maximum absolute atomic E-state index is 10.6. The molecule has 4 N–H and O–H groups in total. The van der Waals surface area contributed by atoms with Crippen molar-refractivity contribution in [2.45, 2.75) is 51.0 Å². The third kappa shape index (κ3) is 3.33. The molecule has 0 aliphatic heterocycles. The topological polar surface area (TPSA) is 69.1 Å². The molecule has 3 nitrogen and oxygen atoms in total. The maximum Gasteiger partial charge on any atom is 0.217 e. The Balaban J connectivity index is 1.85. The Kier molecular flexibility index (Phi) is 4.37. The van der Waals surface area contributed by atoms with E-state index < -0.39 is 0 Å². The van der Waals surface area contributed by atoms with Crippen LogP contribution in [0.3, 0.4) is 0 Å². The fourth-order valence-electron chi connectivity index (χ4n) is 2.65. The molecule has 1 amide bonds. The molecule has 18 heavy (non-hydrogen) atoms. The summed E-state index contributed by atoms with van der Waals surface area (Å²) in [5.41, 5.74) is 15.5. The summed E-state index contributed by atoms with van der Waals surface area (Å²) in [5.74, 6) is -0.221. The highest BCUT2D eigenvalue weighted by atomic mass is 16.1. The zero-order chi connectivity index (χ0) is 13.0. The van der Waals surface area contributed by atoms with Gasteiger partial charge in [-0.25, -0.2) is 0 Å². The number of amides is 1. The lowest BCUT2D eigenvalue weighted by Crippen LogP contribution is -2.12. The number of hydrogen-bond donors (Lipinski definition) is 2. The van der Waals surface area contributed by atoms with Crippen molar-refractivity contribution in [3.63, 3.8) is 0 Å². The minimum absolute atomic E-state index is 0.0868. The van der Waals surface area contributed by atoms with Crippen LogP contribution in [0.25, 0.3) is 0 Å². The molecule has 1 aliphatic carbocycles. The van der Waals surface area contributed by atoms with Gasteiger partial charge < -0.3 is 11.5 Å². The number of nitrogens with two attached hydrogens (primary N) is 2. The lowest BCUT2D eigenvalue weighted by Gasteiger charge is -2.13. The second-order valence-electron chi connectivity index (χ2n) is 5.20. The fraction of sp³-hybridized carbons (Fsp3) is 0.533. The van der Waals surface area contributed by atoms with Gasteiger partial charge >= 0.3 is 0 Å². The quantitative estimate of drug-likeness (QED) is 0.756. The van der Waals surface area contributed by atoms with E-state index in [0.29, 0.717) is 6.42 Å². The van der Waals surface area contributed by atoms with Gasteiger partial charge in [-0.15, -0.1) is 0 Å². The Morgan fingerprint density at radius 3 is 2.78 bits per heavy atom. The van der Waals surface area contributed by atoms with Crippen molar-refractivity contribution >= 4 is 5.91 Å². The molecule has 0 heterocycles. The first-order valence-electron chi connectivity index (χ1n) is 6.82. The largest absolute Gasteiger partial charge is 0.370 e. The highest BCUT2D eigenvalue weighted by Crippen LogP contribution is 2.26. The van der Waals surface area contributed by atoms with Crippen LogP contribution in [0.1, 0.15) is 54.8 Å².